The van der Waals surface area contributed by atoms with Crippen LogP contribution in [-0.4, -0.2) is 41.6 Å². The van der Waals surface area contributed by atoms with Crippen molar-refractivity contribution in [2.45, 2.75) is 55.4 Å². The van der Waals surface area contributed by atoms with Gasteiger partial charge in [-0.25, -0.2) is 0 Å². The monoisotopic (exact) mass is 568 g/mol. The van der Waals surface area contributed by atoms with Gasteiger partial charge in [-0.05, 0) is 28.8 Å². The molecule has 1 heterocycles. The van der Waals surface area contributed by atoms with Crippen molar-refractivity contribution in [2.75, 3.05) is 5.75 Å². The van der Waals surface area contributed by atoms with Crippen LogP contribution < -0.4 is 0 Å². The summed E-state index contributed by atoms with van der Waals surface area (Å²) in [6.07, 6.45) is 0.482. The van der Waals surface area contributed by atoms with Gasteiger partial charge in [0.1, 0.15) is 24.4 Å². The van der Waals surface area contributed by atoms with Crippen LogP contribution in [0.2, 0.25) is 0 Å². The van der Waals surface area contributed by atoms with Gasteiger partial charge in [0.2, 0.25) is 0 Å². The van der Waals surface area contributed by atoms with E-state index in [9.17, 15) is 5.11 Å². The van der Waals surface area contributed by atoms with Gasteiger partial charge in [0.05, 0.1) is 19.8 Å². The zero-order chi connectivity index (χ0) is 28.1. The van der Waals surface area contributed by atoms with Crippen molar-refractivity contribution in [1.29, 1.82) is 0 Å². The average molecular weight is 569 g/mol. The Hall–Kier alpha value is -3.23. The maximum absolute atomic E-state index is 11.2. The van der Waals surface area contributed by atoms with Gasteiger partial charge in [-0.15, -0.1) is 11.8 Å². The number of thioether (sulfide) groups is 1. The summed E-state index contributed by atoms with van der Waals surface area (Å²) in [4.78, 5) is 1.19. The third kappa shape index (κ3) is 8.88. The van der Waals surface area contributed by atoms with E-state index in [4.69, 9.17) is 18.9 Å². The van der Waals surface area contributed by atoms with Crippen LogP contribution >= 0.6 is 11.8 Å². The molecule has 0 spiro atoms. The number of benzene rings is 4. The van der Waals surface area contributed by atoms with Crippen LogP contribution in [-0.2, 0) is 38.8 Å². The number of aliphatic hydroxyl groups is 1. The van der Waals surface area contributed by atoms with Crippen molar-refractivity contribution in [2.24, 2.45) is 0 Å². The predicted octanol–water partition coefficient (Wildman–Crippen LogP) is 6.81. The molecule has 1 N–H and O–H groups in total. The molecule has 5 nitrogen and oxygen atoms in total. The van der Waals surface area contributed by atoms with E-state index in [0.29, 0.717) is 19.8 Å². The molecule has 4 aromatic carbocycles. The summed E-state index contributed by atoms with van der Waals surface area (Å²) < 4.78 is 25.5. The van der Waals surface area contributed by atoms with Crippen molar-refractivity contribution in [1.82, 2.24) is 0 Å². The van der Waals surface area contributed by atoms with Gasteiger partial charge in [-0.2, -0.15) is 0 Å². The first-order chi connectivity index (χ1) is 20.3. The molecular formula is C35H36O5S. The van der Waals surface area contributed by atoms with Crippen molar-refractivity contribution in [3.8, 4) is 0 Å². The van der Waals surface area contributed by atoms with Crippen molar-refractivity contribution >= 4 is 11.8 Å². The number of hydrogen-bond acceptors (Lipinski definition) is 6. The molecule has 0 saturated carbocycles. The van der Waals surface area contributed by atoms with Gasteiger partial charge in [0, 0.05) is 10.6 Å². The van der Waals surface area contributed by atoms with E-state index >= 15 is 0 Å². The molecule has 1 unspecified atom stereocenters. The lowest BCUT2D eigenvalue weighted by Gasteiger charge is -2.43. The second kappa shape index (κ2) is 15.7. The Morgan fingerprint density at radius 3 is 1.54 bits per heavy atom. The SMILES string of the molecule is OC1O[C@H](/C=C/CSc2ccccc2)[C@@H](OCc2ccccc2)[C@H](OCc2ccccc2)[C@H]1OCc1ccccc1. The minimum absolute atomic E-state index is 0.316. The molecule has 41 heavy (non-hydrogen) atoms. The van der Waals surface area contributed by atoms with E-state index in [2.05, 4.69) is 18.2 Å². The van der Waals surface area contributed by atoms with E-state index in [1.807, 2.05) is 115 Å². The second-order valence-electron chi connectivity index (χ2n) is 9.83. The number of hydrogen-bond donors (Lipinski definition) is 1. The van der Waals surface area contributed by atoms with Crippen LogP contribution in [0.25, 0.3) is 0 Å². The quantitative estimate of drug-likeness (QED) is 0.141. The Morgan fingerprint density at radius 2 is 1.02 bits per heavy atom. The molecule has 212 valence electrons. The van der Waals surface area contributed by atoms with Crippen molar-refractivity contribution < 1.29 is 24.1 Å². The van der Waals surface area contributed by atoms with Crippen LogP contribution in [0.5, 0.6) is 0 Å². The van der Waals surface area contributed by atoms with Gasteiger partial charge < -0.3 is 24.1 Å². The summed E-state index contributed by atoms with van der Waals surface area (Å²) in [7, 11) is 0. The van der Waals surface area contributed by atoms with Gasteiger partial charge >= 0.3 is 0 Å². The Labute approximate surface area is 246 Å². The first-order valence-electron chi connectivity index (χ1n) is 13.9. The molecule has 5 atom stereocenters. The first-order valence-corrected chi connectivity index (χ1v) is 14.9. The molecule has 1 aliphatic rings. The molecule has 1 saturated heterocycles. The average Bonchev–Trinajstić information content (AvgIpc) is 3.03. The summed E-state index contributed by atoms with van der Waals surface area (Å²) in [5, 5.41) is 11.2. The lowest BCUT2D eigenvalue weighted by molar-refractivity contribution is -0.302. The van der Waals surface area contributed by atoms with E-state index in [0.717, 1.165) is 22.4 Å². The predicted molar refractivity (Wildman–Crippen MR) is 162 cm³/mol. The maximum atomic E-state index is 11.2. The Morgan fingerprint density at radius 1 is 0.585 bits per heavy atom. The molecule has 1 fully saturated rings. The molecule has 4 aromatic rings. The fraction of sp³-hybridized carbons (Fsp3) is 0.257. The third-order valence-electron chi connectivity index (χ3n) is 6.82. The van der Waals surface area contributed by atoms with Crippen LogP contribution in [0.1, 0.15) is 16.7 Å². The number of ether oxygens (including phenoxy) is 4. The summed E-state index contributed by atoms with van der Waals surface area (Å²) in [5.41, 5.74) is 3.08. The van der Waals surface area contributed by atoms with E-state index in [1.54, 1.807) is 11.8 Å². The van der Waals surface area contributed by atoms with Gasteiger partial charge in [0.25, 0.3) is 0 Å². The summed E-state index contributed by atoms with van der Waals surface area (Å²) in [6, 6.07) is 40.2. The van der Waals surface area contributed by atoms with Crippen molar-refractivity contribution in [3.63, 3.8) is 0 Å². The van der Waals surface area contributed by atoms with Gasteiger partial charge in [0.15, 0.2) is 6.29 Å². The van der Waals surface area contributed by atoms with E-state index < -0.39 is 30.7 Å². The van der Waals surface area contributed by atoms with Gasteiger partial charge in [-0.1, -0.05) is 121 Å². The molecule has 0 aromatic heterocycles. The van der Waals surface area contributed by atoms with Crippen LogP contribution in [0.4, 0.5) is 0 Å². The van der Waals surface area contributed by atoms with E-state index in [1.165, 1.54) is 4.90 Å². The lowest BCUT2D eigenvalue weighted by Crippen LogP contribution is -2.59. The Bertz CT molecular complexity index is 1300. The zero-order valence-corrected chi connectivity index (χ0v) is 23.7. The number of aliphatic hydroxyl groups excluding tert-OH is 1. The highest BCUT2D eigenvalue weighted by molar-refractivity contribution is 7.99. The summed E-state index contributed by atoms with van der Waals surface area (Å²) in [5.74, 6) is 0.759. The van der Waals surface area contributed by atoms with E-state index in [-0.39, 0.29) is 0 Å². The summed E-state index contributed by atoms with van der Waals surface area (Å²) >= 11 is 1.73. The van der Waals surface area contributed by atoms with Crippen LogP contribution in [0.3, 0.4) is 0 Å². The highest BCUT2D eigenvalue weighted by Crippen LogP contribution is 2.30. The molecule has 0 bridgehead atoms. The lowest BCUT2D eigenvalue weighted by atomic mass is 9.97. The topological polar surface area (TPSA) is 57.2 Å². The fourth-order valence-corrected chi connectivity index (χ4v) is 5.46. The fourth-order valence-electron chi connectivity index (χ4n) is 4.71. The molecule has 6 heteroatoms. The van der Waals surface area contributed by atoms with Crippen LogP contribution in [0, 0.1) is 0 Å². The molecule has 1 aliphatic heterocycles. The molecule has 5 rings (SSSR count). The standard InChI is InChI=1S/C35H36O5S/c36-35-34(39-26-29-18-9-3-10-19-29)33(38-25-28-16-7-2-8-17-28)32(37-24-27-14-5-1-6-15-27)31(40-35)22-13-23-41-30-20-11-4-12-21-30/h1-22,31-36H,23-26H2/b22-13+/t31-,32-,33+,34-,35?/m1/s1. The third-order valence-corrected chi connectivity index (χ3v) is 7.78. The minimum atomic E-state index is -1.19. The highest BCUT2D eigenvalue weighted by Gasteiger charge is 2.47. The molecule has 0 radical (unpaired) electrons. The maximum Gasteiger partial charge on any atom is 0.184 e. The minimum Gasteiger partial charge on any atom is -0.368 e. The summed E-state index contributed by atoms with van der Waals surface area (Å²) in [6.45, 7) is 1.05. The highest BCUT2D eigenvalue weighted by atomic mass is 32.2. The Balaban J connectivity index is 1.36. The molecule has 0 aliphatic carbocycles. The smallest absolute Gasteiger partial charge is 0.184 e. The zero-order valence-electron chi connectivity index (χ0n) is 22.9. The first kappa shape index (κ1) is 29.3. The largest absolute Gasteiger partial charge is 0.368 e. The second-order valence-corrected chi connectivity index (χ2v) is 10.9. The molecule has 0 amide bonds. The molecular weight excluding hydrogens is 532 g/mol. The normalized spacial score (nSPS) is 22.6. The Kier molecular flexibility index (Phi) is 11.2. The van der Waals surface area contributed by atoms with Crippen LogP contribution in [0.15, 0.2) is 138 Å². The van der Waals surface area contributed by atoms with Gasteiger partial charge in [-0.3, -0.25) is 0 Å². The number of rotatable bonds is 13. The van der Waals surface area contributed by atoms with Crippen molar-refractivity contribution in [3.05, 3.63) is 150 Å².